The fraction of sp³-hybridized carbons (Fsp3) is 0.0556. The molecule has 3 rings (SSSR count). The second-order valence-electron chi connectivity index (χ2n) is 5.21. The van der Waals surface area contributed by atoms with Crippen molar-refractivity contribution in [3.63, 3.8) is 0 Å². The third-order valence-electron chi connectivity index (χ3n) is 3.63. The zero-order valence-electron chi connectivity index (χ0n) is 13.6. The lowest BCUT2D eigenvalue weighted by Gasteiger charge is -2.14. The monoisotopic (exact) mass is 387 g/mol. The standard InChI is InChI=1S/C18H14ClN3O3S/c1-25-15-9-5-4-8-14(15)22-17(24)11(16(23)21-18(22)26)10-20-13-7-3-2-6-12(13)19/h2-10,24H,1H3,(H,21,23,26). The van der Waals surface area contributed by atoms with Crippen molar-refractivity contribution in [1.29, 1.82) is 0 Å². The van der Waals surface area contributed by atoms with E-state index in [1.54, 1.807) is 48.5 Å². The molecule has 0 radical (unpaired) electrons. The Labute approximate surface area is 159 Å². The van der Waals surface area contributed by atoms with Crippen molar-refractivity contribution >= 4 is 35.7 Å². The van der Waals surface area contributed by atoms with Gasteiger partial charge in [-0.15, -0.1) is 0 Å². The molecule has 2 aromatic carbocycles. The van der Waals surface area contributed by atoms with Gasteiger partial charge in [-0.1, -0.05) is 35.9 Å². The average molecular weight is 388 g/mol. The first-order valence-electron chi connectivity index (χ1n) is 7.53. The van der Waals surface area contributed by atoms with E-state index in [1.807, 2.05) is 0 Å². The minimum absolute atomic E-state index is 0.0342. The van der Waals surface area contributed by atoms with Crippen LogP contribution in [-0.4, -0.2) is 28.0 Å². The Hall–Kier alpha value is -2.90. The van der Waals surface area contributed by atoms with E-state index < -0.39 is 5.56 Å². The Morgan fingerprint density at radius 3 is 2.65 bits per heavy atom. The van der Waals surface area contributed by atoms with E-state index in [1.165, 1.54) is 17.9 Å². The highest BCUT2D eigenvalue weighted by Gasteiger charge is 2.15. The largest absolute Gasteiger partial charge is 0.495 e. The van der Waals surface area contributed by atoms with Crippen molar-refractivity contribution in [2.75, 3.05) is 7.11 Å². The minimum atomic E-state index is -0.561. The summed E-state index contributed by atoms with van der Waals surface area (Å²) in [5.41, 5.74) is 0.347. The van der Waals surface area contributed by atoms with Gasteiger partial charge in [-0.2, -0.15) is 0 Å². The molecule has 1 heterocycles. The molecule has 0 aliphatic heterocycles. The zero-order chi connectivity index (χ0) is 18.7. The summed E-state index contributed by atoms with van der Waals surface area (Å²) in [5, 5.41) is 11.1. The molecule has 1 aromatic heterocycles. The summed E-state index contributed by atoms with van der Waals surface area (Å²) in [6.45, 7) is 0. The fourth-order valence-corrected chi connectivity index (χ4v) is 2.85. The number of hydrogen-bond acceptors (Lipinski definition) is 5. The normalized spacial score (nSPS) is 11.0. The van der Waals surface area contributed by atoms with Crippen molar-refractivity contribution in [3.05, 3.63) is 74.2 Å². The van der Waals surface area contributed by atoms with Crippen LogP contribution < -0.4 is 10.3 Å². The number of methoxy groups -OCH3 is 1. The van der Waals surface area contributed by atoms with Crippen LogP contribution in [0.1, 0.15) is 5.56 Å². The van der Waals surface area contributed by atoms with Crippen molar-refractivity contribution < 1.29 is 9.84 Å². The van der Waals surface area contributed by atoms with E-state index in [4.69, 9.17) is 28.6 Å². The number of nitrogens with one attached hydrogen (secondary N) is 1. The van der Waals surface area contributed by atoms with Gasteiger partial charge in [0.2, 0.25) is 5.88 Å². The number of H-pyrrole nitrogens is 1. The number of nitrogens with zero attached hydrogens (tertiary/aromatic N) is 2. The summed E-state index contributed by atoms with van der Waals surface area (Å²) < 4.78 is 6.65. The molecule has 0 saturated heterocycles. The van der Waals surface area contributed by atoms with Gasteiger partial charge in [0, 0.05) is 6.21 Å². The van der Waals surface area contributed by atoms with Gasteiger partial charge in [0.1, 0.15) is 11.3 Å². The lowest BCUT2D eigenvalue weighted by Crippen LogP contribution is -2.18. The van der Waals surface area contributed by atoms with E-state index in [2.05, 4.69) is 9.98 Å². The molecule has 0 aliphatic carbocycles. The van der Waals surface area contributed by atoms with Crippen LogP contribution in [0.3, 0.4) is 0 Å². The van der Waals surface area contributed by atoms with Crippen LogP contribution in [0.15, 0.2) is 58.3 Å². The maximum Gasteiger partial charge on any atom is 0.264 e. The lowest BCUT2D eigenvalue weighted by molar-refractivity contribution is 0.402. The first-order chi connectivity index (χ1) is 12.5. The highest BCUT2D eigenvalue weighted by Crippen LogP contribution is 2.28. The van der Waals surface area contributed by atoms with Crippen LogP contribution >= 0.6 is 23.8 Å². The highest BCUT2D eigenvalue weighted by molar-refractivity contribution is 7.71. The summed E-state index contributed by atoms with van der Waals surface area (Å²) in [5.74, 6) is 0.138. The number of aromatic nitrogens is 2. The number of rotatable bonds is 4. The third kappa shape index (κ3) is 3.40. The number of aliphatic imine (C=N–C) groups is 1. The molecular formula is C18H14ClN3O3S. The minimum Gasteiger partial charge on any atom is -0.495 e. The SMILES string of the molecule is COc1ccccc1-n1c(O)c(C=Nc2ccccc2Cl)c(=O)[nH]c1=S. The Bertz CT molecular complexity index is 1110. The number of aromatic amines is 1. The summed E-state index contributed by atoms with van der Waals surface area (Å²) >= 11 is 11.3. The number of benzene rings is 2. The number of aromatic hydroxyl groups is 1. The predicted octanol–water partition coefficient (Wildman–Crippen LogP) is 4.01. The molecule has 0 spiro atoms. The molecule has 0 amide bonds. The molecule has 0 saturated carbocycles. The van der Waals surface area contributed by atoms with Gasteiger partial charge in [0.05, 0.1) is 23.5 Å². The van der Waals surface area contributed by atoms with E-state index in [-0.39, 0.29) is 16.2 Å². The van der Waals surface area contributed by atoms with E-state index >= 15 is 0 Å². The summed E-state index contributed by atoms with van der Waals surface area (Å²) in [4.78, 5) is 19.0. The van der Waals surface area contributed by atoms with Gasteiger partial charge in [-0.05, 0) is 36.5 Å². The predicted molar refractivity (Wildman–Crippen MR) is 104 cm³/mol. The van der Waals surface area contributed by atoms with E-state index in [0.717, 1.165) is 0 Å². The van der Waals surface area contributed by atoms with Crippen molar-refractivity contribution in [2.24, 2.45) is 4.99 Å². The van der Waals surface area contributed by atoms with Crippen LogP contribution in [0.2, 0.25) is 5.02 Å². The van der Waals surface area contributed by atoms with Crippen molar-refractivity contribution in [1.82, 2.24) is 9.55 Å². The van der Waals surface area contributed by atoms with Crippen LogP contribution in [0, 0.1) is 4.77 Å². The maximum atomic E-state index is 12.3. The fourth-order valence-electron chi connectivity index (χ4n) is 2.38. The molecular weight excluding hydrogens is 374 g/mol. The molecule has 0 atom stereocenters. The molecule has 6 nitrogen and oxygen atoms in total. The first-order valence-corrected chi connectivity index (χ1v) is 8.32. The van der Waals surface area contributed by atoms with Gasteiger partial charge in [0.25, 0.3) is 5.56 Å². The second-order valence-corrected chi connectivity index (χ2v) is 6.01. The molecule has 3 aromatic rings. The van der Waals surface area contributed by atoms with Gasteiger partial charge in [-0.3, -0.25) is 19.3 Å². The highest BCUT2D eigenvalue weighted by atomic mass is 35.5. The summed E-state index contributed by atoms with van der Waals surface area (Å²) in [7, 11) is 1.50. The third-order valence-corrected chi connectivity index (χ3v) is 4.24. The molecule has 0 aliphatic rings. The number of ether oxygens (including phenoxy) is 1. The van der Waals surface area contributed by atoms with Gasteiger partial charge < -0.3 is 9.84 Å². The lowest BCUT2D eigenvalue weighted by atomic mass is 10.2. The molecule has 132 valence electrons. The molecule has 26 heavy (non-hydrogen) atoms. The number of halogens is 1. The second kappa shape index (κ2) is 7.55. The Morgan fingerprint density at radius 1 is 1.23 bits per heavy atom. The van der Waals surface area contributed by atoms with E-state index in [0.29, 0.717) is 22.1 Å². The van der Waals surface area contributed by atoms with Crippen molar-refractivity contribution in [2.45, 2.75) is 0 Å². The van der Waals surface area contributed by atoms with Crippen LogP contribution in [0.5, 0.6) is 11.6 Å². The first kappa shape index (κ1) is 17.9. The van der Waals surface area contributed by atoms with Crippen molar-refractivity contribution in [3.8, 4) is 17.3 Å². The van der Waals surface area contributed by atoms with Gasteiger partial charge in [-0.25, -0.2) is 0 Å². The maximum absolute atomic E-state index is 12.3. The van der Waals surface area contributed by atoms with Gasteiger partial charge >= 0.3 is 0 Å². The van der Waals surface area contributed by atoms with Gasteiger partial charge in [0.15, 0.2) is 4.77 Å². The molecule has 2 N–H and O–H groups in total. The zero-order valence-corrected chi connectivity index (χ0v) is 15.2. The Morgan fingerprint density at radius 2 is 1.92 bits per heavy atom. The molecule has 0 bridgehead atoms. The van der Waals surface area contributed by atoms with Crippen LogP contribution in [-0.2, 0) is 0 Å². The molecule has 8 heteroatoms. The summed E-state index contributed by atoms with van der Waals surface area (Å²) in [6.07, 6.45) is 1.25. The topological polar surface area (TPSA) is 79.6 Å². The molecule has 0 unspecified atom stereocenters. The quantitative estimate of drug-likeness (QED) is 0.523. The number of hydrogen-bond donors (Lipinski definition) is 2. The smallest absolute Gasteiger partial charge is 0.264 e. The van der Waals surface area contributed by atoms with E-state index in [9.17, 15) is 9.90 Å². The Balaban J connectivity index is 2.18. The number of para-hydroxylation sites is 3. The average Bonchev–Trinajstić information content (AvgIpc) is 2.63. The van der Waals surface area contributed by atoms with Crippen LogP contribution in [0.25, 0.3) is 5.69 Å². The van der Waals surface area contributed by atoms with Crippen LogP contribution in [0.4, 0.5) is 5.69 Å². The molecule has 0 fully saturated rings. The summed E-state index contributed by atoms with van der Waals surface area (Å²) in [6, 6.07) is 13.9. The Kier molecular flexibility index (Phi) is 5.20.